The molecule has 0 spiro atoms. The topological polar surface area (TPSA) is 55.8 Å². The van der Waals surface area contributed by atoms with Gasteiger partial charge in [0.1, 0.15) is 0 Å². The maximum absolute atomic E-state index is 6.06. The highest BCUT2D eigenvalue weighted by molar-refractivity contribution is 14.0. The molecule has 23 heavy (non-hydrogen) atoms. The van der Waals surface area contributed by atoms with Crippen molar-refractivity contribution in [2.24, 2.45) is 17.8 Å². The van der Waals surface area contributed by atoms with Crippen LogP contribution in [-0.4, -0.2) is 48.3 Å². The van der Waals surface area contributed by atoms with Crippen molar-refractivity contribution in [1.29, 1.82) is 0 Å². The van der Waals surface area contributed by atoms with Crippen LogP contribution in [-0.2, 0) is 18.2 Å². The third-order valence-corrected chi connectivity index (χ3v) is 4.26. The van der Waals surface area contributed by atoms with Gasteiger partial charge in [0.15, 0.2) is 5.96 Å². The molecule has 3 rings (SSSR count). The number of aromatic nitrogens is 1. The second-order valence-corrected chi connectivity index (χ2v) is 5.95. The van der Waals surface area contributed by atoms with Crippen LogP contribution >= 0.6 is 35.6 Å². The number of fused-ring (bicyclic) bond motifs is 1. The Balaban J connectivity index is 0.00000192. The average molecular weight is 449 g/mol. The number of hydrogen-bond acceptors (Lipinski definition) is 2. The predicted octanol–water partition coefficient (Wildman–Crippen LogP) is 2.64. The number of benzene rings is 1. The van der Waals surface area contributed by atoms with Crippen LogP contribution in [0.4, 0.5) is 0 Å². The van der Waals surface area contributed by atoms with Gasteiger partial charge in [0.05, 0.1) is 13.2 Å². The summed E-state index contributed by atoms with van der Waals surface area (Å²) < 4.78 is 7.42. The molecule has 2 N–H and O–H groups in total. The summed E-state index contributed by atoms with van der Waals surface area (Å²) in [5, 5.41) is 1.99. The SMILES string of the molecule is Cn1cc(CCN=C(N)N2CCOCC2)c2ccc(Cl)cc21.I. The Hall–Kier alpha value is -0.990. The van der Waals surface area contributed by atoms with Gasteiger partial charge in [-0.25, -0.2) is 0 Å². The summed E-state index contributed by atoms with van der Waals surface area (Å²) in [5.41, 5.74) is 8.46. The van der Waals surface area contributed by atoms with Gasteiger partial charge in [-0.1, -0.05) is 17.7 Å². The van der Waals surface area contributed by atoms with Crippen LogP contribution in [0.25, 0.3) is 10.9 Å². The van der Waals surface area contributed by atoms with Crippen LogP contribution in [0.5, 0.6) is 0 Å². The van der Waals surface area contributed by atoms with E-state index >= 15 is 0 Å². The van der Waals surface area contributed by atoms with Gasteiger partial charge in [-0.05, 0) is 24.1 Å². The lowest BCUT2D eigenvalue weighted by Crippen LogP contribution is -2.44. The molecular weight excluding hydrogens is 427 g/mol. The van der Waals surface area contributed by atoms with Gasteiger partial charge in [0.25, 0.3) is 0 Å². The number of nitrogens with zero attached hydrogens (tertiary/aromatic N) is 3. The van der Waals surface area contributed by atoms with Gasteiger partial charge in [-0.2, -0.15) is 0 Å². The zero-order valence-corrected chi connectivity index (χ0v) is 16.3. The molecule has 126 valence electrons. The van der Waals surface area contributed by atoms with E-state index in [1.807, 2.05) is 19.2 Å². The second-order valence-electron chi connectivity index (χ2n) is 5.52. The lowest BCUT2D eigenvalue weighted by Gasteiger charge is -2.27. The number of rotatable bonds is 3. The Morgan fingerprint density at radius 2 is 2.09 bits per heavy atom. The second kappa shape index (κ2) is 8.21. The van der Waals surface area contributed by atoms with Crippen molar-refractivity contribution < 1.29 is 4.74 Å². The van der Waals surface area contributed by atoms with Crippen molar-refractivity contribution >= 4 is 52.4 Å². The van der Waals surface area contributed by atoms with Crippen molar-refractivity contribution in [3.05, 3.63) is 35.0 Å². The largest absolute Gasteiger partial charge is 0.378 e. The van der Waals surface area contributed by atoms with Crippen molar-refractivity contribution in [3.63, 3.8) is 0 Å². The van der Waals surface area contributed by atoms with Crippen LogP contribution in [0.15, 0.2) is 29.4 Å². The van der Waals surface area contributed by atoms with E-state index < -0.39 is 0 Å². The summed E-state index contributed by atoms with van der Waals surface area (Å²) in [6, 6.07) is 5.99. The number of nitrogens with two attached hydrogens (primary N) is 1. The summed E-state index contributed by atoms with van der Waals surface area (Å²) in [6.07, 6.45) is 3.01. The standard InChI is InChI=1S/C16H21ClN4O.HI/c1-20-11-12(14-3-2-13(17)10-15(14)20)4-5-19-16(18)21-6-8-22-9-7-21;/h2-3,10-11H,4-9H2,1H3,(H2,18,19);1H. The molecule has 0 saturated carbocycles. The fourth-order valence-electron chi connectivity index (χ4n) is 2.82. The van der Waals surface area contributed by atoms with Crippen LogP contribution in [0.3, 0.4) is 0 Å². The van der Waals surface area contributed by atoms with E-state index in [9.17, 15) is 0 Å². The van der Waals surface area contributed by atoms with Crippen molar-refractivity contribution in [2.75, 3.05) is 32.8 Å². The quantitative estimate of drug-likeness (QED) is 0.446. The van der Waals surface area contributed by atoms with Crippen molar-refractivity contribution in [2.45, 2.75) is 6.42 Å². The van der Waals surface area contributed by atoms with Gasteiger partial charge in [0, 0.05) is 48.8 Å². The Bertz CT molecular complexity index is 695. The molecule has 0 radical (unpaired) electrons. The minimum Gasteiger partial charge on any atom is -0.378 e. The number of hydrogen-bond donors (Lipinski definition) is 1. The number of guanidine groups is 1. The molecule has 1 aromatic carbocycles. The van der Waals surface area contributed by atoms with E-state index in [4.69, 9.17) is 22.1 Å². The lowest BCUT2D eigenvalue weighted by atomic mass is 10.1. The highest BCUT2D eigenvalue weighted by atomic mass is 127. The monoisotopic (exact) mass is 448 g/mol. The molecular formula is C16H22ClIN4O. The zero-order chi connectivity index (χ0) is 15.5. The summed E-state index contributed by atoms with van der Waals surface area (Å²) >= 11 is 6.06. The minimum atomic E-state index is 0. The number of aliphatic imine (C=N–C) groups is 1. The Labute approximate surface area is 158 Å². The van der Waals surface area contributed by atoms with Crippen LogP contribution < -0.4 is 5.73 Å². The van der Waals surface area contributed by atoms with Gasteiger partial charge in [-0.15, -0.1) is 24.0 Å². The third kappa shape index (κ3) is 4.30. The molecule has 0 atom stereocenters. The van der Waals surface area contributed by atoms with Gasteiger partial charge < -0.3 is 19.9 Å². The van der Waals surface area contributed by atoms with Gasteiger partial charge >= 0.3 is 0 Å². The molecule has 1 aromatic heterocycles. The molecule has 1 aliphatic rings. The molecule has 5 nitrogen and oxygen atoms in total. The third-order valence-electron chi connectivity index (χ3n) is 4.03. The Morgan fingerprint density at radius 3 is 2.83 bits per heavy atom. The first kappa shape index (κ1) is 18.4. The minimum absolute atomic E-state index is 0. The highest BCUT2D eigenvalue weighted by Crippen LogP contribution is 2.24. The fourth-order valence-corrected chi connectivity index (χ4v) is 2.99. The molecule has 1 fully saturated rings. The number of halogens is 2. The molecule has 7 heteroatoms. The molecule has 2 heterocycles. The smallest absolute Gasteiger partial charge is 0.191 e. The van der Waals surface area contributed by atoms with Crippen molar-refractivity contribution in [1.82, 2.24) is 9.47 Å². The van der Waals surface area contributed by atoms with Crippen LogP contribution in [0, 0.1) is 0 Å². The summed E-state index contributed by atoms with van der Waals surface area (Å²) in [5.74, 6) is 0.617. The molecule has 0 amide bonds. The molecule has 2 aromatic rings. The van der Waals surface area contributed by atoms with Crippen LogP contribution in [0.1, 0.15) is 5.56 Å². The van der Waals surface area contributed by atoms with Crippen LogP contribution in [0.2, 0.25) is 5.02 Å². The summed E-state index contributed by atoms with van der Waals surface area (Å²) in [6.45, 7) is 3.77. The van der Waals surface area contributed by atoms with E-state index in [0.29, 0.717) is 12.5 Å². The summed E-state index contributed by atoms with van der Waals surface area (Å²) in [4.78, 5) is 6.58. The summed E-state index contributed by atoms with van der Waals surface area (Å²) in [7, 11) is 2.04. The molecule has 0 aliphatic carbocycles. The first-order valence-electron chi connectivity index (χ1n) is 7.51. The average Bonchev–Trinajstić information content (AvgIpc) is 2.84. The number of morpholine rings is 1. The Kier molecular flexibility index (Phi) is 6.55. The van der Waals surface area contributed by atoms with Crippen molar-refractivity contribution in [3.8, 4) is 0 Å². The predicted molar refractivity (Wildman–Crippen MR) is 106 cm³/mol. The maximum atomic E-state index is 6.06. The van der Waals surface area contributed by atoms with Gasteiger partial charge in [-0.3, -0.25) is 4.99 Å². The normalized spacial score (nSPS) is 15.7. The van der Waals surface area contributed by atoms with E-state index in [1.165, 1.54) is 10.9 Å². The maximum Gasteiger partial charge on any atom is 0.191 e. The first-order chi connectivity index (χ1) is 10.6. The fraction of sp³-hybridized carbons (Fsp3) is 0.438. The molecule has 1 saturated heterocycles. The van der Waals surface area contributed by atoms with E-state index in [1.54, 1.807) is 0 Å². The van der Waals surface area contributed by atoms with E-state index in [-0.39, 0.29) is 24.0 Å². The lowest BCUT2D eigenvalue weighted by molar-refractivity contribution is 0.0674. The zero-order valence-electron chi connectivity index (χ0n) is 13.2. The van der Waals surface area contributed by atoms with E-state index in [0.717, 1.165) is 43.3 Å². The Morgan fingerprint density at radius 1 is 1.35 bits per heavy atom. The number of ether oxygens (including phenoxy) is 1. The molecule has 0 bridgehead atoms. The van der Waals surface area contributed by atoms with E-state index in [2.05, 4.69) is 26.7 Å². The van der Waals surface area contributed by atoms with Gasteiger partial charge in [0.2, 0.25) is 0 Å². The molecule has 1 aliphatic heterocycles. The first-order valence-corrected chi connectivity index (χ1v) is 7.89. The molecule has 0 unspecified atom stereocenters. The highest BCUT2D eigenvalue weighted by Gasteiger charge is 2.12. The number of aryl methyl sites for hydroxylation is 1.